The second-order valence-corrected chi connectivity index (χ2v) is 10.9. The summed E-state index contributed by atoms with van der Waals surface area (Å²) in [5.41, 5.74) is 0. The van der Waals surface area contributed by atoms with Crippen molar-refractivity contribution in [2.24, 2.45) is 0 Å². The lowest BCUT2D eigenvalue weighted by Crippen LogP contribution is -2.66. The third kappa shape index (κ3) is 11.1. The van der Waals surface area contributed by atoms with Crippen LogP contribution >= 0.6 is 22.6 Å². The SMILES string of the molecule is CC(=O)OC[C@H]1O[C@@H](O[C@H]2[C@H](OC(C)=O)[C@@H](OC(C)=O)[C@H](I)O[C@@H]2COC(C)=O)[C@H](OC(C)=O)[C@@H](OC(C)=O)[C@H]1OC(C)=O. The molecular weight excluding hydrogens is 711 g/mol. The minimum atomic E-state index is -1.72. The number of halogens is 1. The second-order valence-electron chi connectivity index (χ2n) is 9.64. The van der Waals surface area contributed by atoms with Gasteiger partial charge in [-0.3, -0.25) is 33.6 Å². The van der Waals surface area contributed by atoms with Gasteiger partial charge in [-0.15, -0.1) is 0 Å². The van der Waals surface area contributed by atoms with Crippen molar-refractivity contribution in [2.75, 3.05) is 13.2 Å². The van der Waals surface area contributed by atoms with Crippen molar-refractivity contribution in [1.29, 1.82) is 0 Å². The monoisotopic (exact) mass is 746 g/mol. The summed E-state index contributed by atoms with van der Waals surface area (Å²) in [7, 11) is 0. The molecule has 17 nitrogen and oxygen atoms in total. The molecule has 0 aromatic heterocycles. The molecule has 2 aliphatic heterocycles. The van der Waals surface area contributed by atoms with E-state index in [0.29, 0.717) is 0 Å². The van der Waals surface area contributed by atoms with Crippen LogP contribution in [-0.4, -0.2) is 114 Å². The molecule has 0 amide bonds. The number of hydrogen-bond donors (Lipinski definition) is 0. The Morgan fingerprint density at radius 1 is 0.477 bits per heavy atom. The normalized spacial score (nSPS) is 31.5. The lowest BCUT2D eigenvalue weighted by Gasteiger charge is -2.48. The van der Waals surface area contributed by atoms with Crippen molar-refractivity contribution in [2.45, 2.75) is 108 Å². The number of hydrogen-bond acceptors (Lipinski definition) is 17. The molecule has 0 unspecified atom stereocenters. The minimum absolute atomic E-state index is 0.435. The highest BCUT2D eigenvalue weighted by Crippen LogP contribution is 2.36. The van der Waals surface area contributed by atoms with Crippen LogP contribution in [0.2, 0.25) is 0 Å². The van der Waals surface area contributed by atoms with Gasteiger partial charge < -0.3 is 47.4 Å². The van der Waals surface area contributed by atoms with Crippen LogP contribution in [0.4, 0.5) is 0 Å². The first-order valence-electron chi connectivity index (χ1n) is 13.2. The molecule has 0 radical (unpaired) electrons. The topological polar surface area (TPSA) is 212 Å². The highest BCUT2D eigenvalue weighted by Gasteiger charge is 2.57. The van der Waals surface area contributed by atoms with Crippen LogP contribution in [0.15, 0.2) is 0 Å². The van der Waals surface area contributed by atoms with Crippen LogP contribution in [0.1, 0.15) is 48.5 Å². The van der Waals surface area contributed by atoms with E-state index in [9.17, 15) is 33.6 Å². The zero-order chi connectivity index (χ0) is 33.3. The Morgan fingerprint density at radius 2 is 0.841 bits per heavy atom. The summed E-state index contributed by atoms with van der Waals surface area (Å²) >= 11 is 1.80. The van der Waals surface area contributed by atoms with E-state index in [1.807, 2.05) is 0 Å². The first-order valence-corrected chi connectivity index (χ1v) is 14.5. The van der Waals surface area contributed by atoms with E-state index in [2.05, 4.69) is 0 Å². The first kappa shape index (κ1) is 37.1. The number of esters is 7. The summed E-state index contributed by atoms with van der Waals surface area (Å²) in [6.45, 7) is 6.66. The smallest absolute Gasteiger partial charge is 0.303 e. The van der Waals surface area contributed by atoms with Gasteiger partial charge in [0.2, 0.25) is 0 Å². The van der Waals surface area contributed by atoms with Crippen LogP contribution in [0.25, 0.3) is 0 Å². The molecule has 0 spiro atoms. The zero-order valence-electron chi connectivity index (χ0n) is 25.0. The largest absolute Gasteiger partial charge is 0.463 e. The summed E-state index contributed by atoms with van der Waals surface area (Å²) in [6, 6.07) is 0. The molecular formula is C26H35IO17. The van der Waals surface area contributed by atoms with Crippen LogP contribution in [0.3, 0.4) is 0 Å². The van der Waals surface area contributed by atoms with Gasteiger partial charge in [-0.1, -0.05) is 0 Å². The van der Waals surface area contributed by atoms with E-state index in [-0.39, 0.29) is 0 Å². The van der Waals surface area contributed by atoms with Gasteiger partial charge in [-0.05, 0) is 22.6 Å². The molecule has 2 heterocycles. The number of carbonyl (C=O) groups excluding carboxylic acids is 7. The molecule has 248 valence electrons. The van der Waals surface area contributed by atoms with Gasteiger partial charge >= 0.3 is 41.8 Å². The van der Waals surface area contributed by atoms with E-state index in [1.165, 1.54) is 0 Å². The Balaban J connectivity index is 2.66. The average molecular weight is 746 g/mol. The Hall–Kier alpha value is -3.10. The predicted molar refractivity (Wildman–Crippen MR) is 147 cm³/mol. The predicted octanol–water partition coefficient (Wildman–Crippen LogP) is 0.0411. The molecule has 2 rings (SSSR count). The quantitative estimate of drug-likeness (QED) is 0.118. The van der Waals surface area contributed by atoms with Crippen LogP contribution in [0.5, 0.6) is 0 Å². The maximum absolute atomic E-state index is 12.2. The van der Waals surface area contributed by atoms with Crippen molar-refractivity contribution in [3.8, 4) is 0 Å². The summed E-state index contributed by atoms with van der Waals surface area (Å²) < 4.78 is 54.4. The third-order valence-corrected chi connectivity index (χ3v) is 6.87. The number of ether oxygens (including phenoxy) is 10. The molecule has 0 aromatic rings. The number of carbonyl (C=O) groups is 7. The Morgan fingerprint density at radius 3 is 1.27 bits per heavy atom. The summed E-state index contributed by atoms with van der Waals surface area (Å²) in [5, 5.41) is 0. The van der Waals surface area contributed by atoms with Crippen molar-refractivity contribution in [1.82, 2.24) is 0 Å². The molecule has 0 bridgehead atoms. The fourth-order valence-electron chi connectivity index (χ4n) is 4.46. The number of rotatable bonds is 11. The lowest BCUT2D eigenvalue weighted by molar-refractivity contribution is -0.340. The second kappa shape index (κ2) is 16.8. The maximum atomic E-state index is 12.2. The molecule has 44 heavy (non-hydrogen) atoms. The van der Waals surface area contributed by atoms with Crippen LogP contribution in [0, 0.1) is 0 Å². The molecule has 0 aromatic carbocycles. The fourth-order valence-corrected chi connectivity index (χ4v) is 5.39. The average Bonchev–Trinajstić information content (AvgIpc) is 2.87. The standard InChI is InChI=1S/C26H35IO17/c1-10(28)35-8-17-20(21(38-13(4)31)23(25(27)42-17)40-15(6)33)44-26-24(41-16(7)34)22(39-14(5)32)19(37-12(3)30)18(43-26)9-36-11(2)29/h17-26H,8-9H2,1-7H3/t17-,18-,19+,20-,21+,22+,23-,24-,25-,26+/m1/s1. The van der Waals surface area contributed by atoms with Gasteiger partial charge in [0.15, 0.2) is 36.8 Å². The lowest BCUT2D eigenvalue weighted by atomic mass is 9.96. The van der Waals surface area contributed by atoms with Gasteiger partial charge in [0.1, 0.15) is 35.6 Å². The third-order valence-electron chi connectivity index (χ3n) is 5.87. The van der Waals surface area contributed by atoms with Gasteiger partial charge in [-0.2, -0.15) is 0 Å². The molecule has 10 atom stereocenters. The molecule has 2 aliphatic rings. The maximum Gasteiger partial charge on any atom is 0.303 e. The molecule has 0 N–H and O–H groups in total. The van der Waals surface area contributed by atoms with Gasteiger partial charge in [0.05, 0.1) is 0 Å². The first-order chi connectivity index (χ1) is 20.5. The highest BCUT2D eigenvalue weighted by atomic mass is 127. The van der Waals surface area contributed by atoms with E-state index in [0.717, 1.165) is 48.5 Å². The summed E-state index contributed by atoms with van der Waals surface area (Å²) in [5.74, 6) is -5.56. The molecule has 18 heteroatoms. The van der Waals surface area contributed by atoms with Gasteiger partial charge in [0, 0.05) is 48.5 Å². The molecule has 2 fully saturated rings. The minimum Gasteiger partial charge on any atom is -0.463 e. The van der Waals surface area contributed by atoms with Crippen molar-refractivity contribution in [3.05, 3.63) is 0 Å². The van der Waals surface area contributed by atoms with Gasteiger partial charge in [-0.25, -0.2) is 0 Å². The van der Waals surface area contributed by atoms with E-state index in [4.69, 9.17) is 47.4 Å². The van der Waals surface area contributed by atoms with Crippen molar-refractivity contribution >= 4 is 64.4 Å². The van der Waals surface area contributed by atoms with E-state index in [1.54, 1.807) is 22.6 Å². The van der Waals surface area contributed by atoms with Gasteiger partial charge in [0.25, 0.3) is 0 Å². The van der Waals surface area contributed by atoms with Crippen LogP contribution < -0.4 is 0 Å². The van der Waals surface area contributed by atoms with E-state index >= 15 is 0 Å². The van der Waals surface area contributed by atoms with Crippen molar-refractivity contribution in [3.63, 3.8) is 0 Å². The van der Waals surface area contributed by atoms with Crippen LogP contribution in [-0.2, 0) is 80.9 Å². The van der Waals surface area contributed by atoms with E-state index < -0.39 is 114 Å². The number of alkyl halides is 1. The Bertz CT molecular complexity index is 1090. The van der Waals surface area contributed by atoms with Crippen molar-refractivity contribution < 1.29 is 80.9 Å². The fraction of sp³-hybridized carbons (Fsp3) is 0.731. The zero-order valence-corrected chi connectivity index (χ0v) is 27.2. The Labute approximate surface area is 265 Å². The summed E-state index contributed by atoms with van der Waals surface area (Å²) in [4.78, 5) is 83.8. The molecule has 0 aliphatic carbocycles. The molecule has 2 saturated heterocycles. The molecule has 0 saturated carbocycles. The highest BCUT2D eigenvalue weighted by molar-refractivity contribution is 14.1. The Kier molecular flexibility index (Phi) is 14.2. The summed E-state index contributed by atoms with van der Waals surface area (Å²) in [6.07, 6.45) is -13.0.